The van der Waals surface area contributed by atoms with Gasteiger partial charge in [0.25, 0.3) is 11.3 Å². The molecule has 1 fully saturated rings. The highest BCUT2D eigenvalue weighted by atomic mass is 19.4. The van der Waals surface area contributed by atoms with Gasteiger partial charge in [0.15, 0.2) is 17.5 Å². The Balaban J connectivity index is 2.67. The molecule has 0 unspecified atom stereocenters. The van der Waals surface area contributed by atoms with Crippen LogP contribution in [0.25, 0.3) is 0 Å². The molecule has 160 valence electrons. The van der Waals surface area contributed by atoms with Gasteiger partial charge < -0.3 is 0 Å². The van der Waals surface area contributed by atoms with Crippen molar-refractivity contribution in [1.82, 2.24) is 0 Å². The Morgan fingerprint density at radius 2 is 1.00 bits per heavy atom. The molecule has 0 N–H and O–H groups in total. The summed E-state index contributed by atoms with van der Waals surface area (Å²) in [5.41, 5.74) is -32.6. The Labute approximate surface area is 141 Å². The fourth-order valence-corrected chi connectivity index (χ4v) is 4.11. The highest BCUT2D eigenvalue weighted by molar-refractivity contribution is 5.65. The zero-order valence-corrected chi connectivity index (χ0v) is 12.0. The van der Waals surface area contributed by atoms with Crippen LogP contribution in [-0.2, 0) is 0 Å². The second kappa shape index (κ2) is 4.42. The highest BCUT2D eigenvalue weighted by Crippen LogP contribution is 2.88. The molecule has 0 aromatic heterocycles. The first-order chi connectivity index (χ1) is 12.1. The lowest BCUT2D eigenvalue weighted by atomic mass is 9.67. The molecule has 0 saturated heterocycles. The summed E-state index contributed by atoms with van der Waals surface area (Å²) in [5, 5.41) is 0. The van der Waals surface area contributed by atoms with Gasteiger partial charge in [-0.3, -0.25) is 0 Å². The molecule has 0 spiro atoms. The fourth-order valence-electron chi connectivity index (χ4n) is 4.11. The van der Waals surface area contributed by atoms with Crippen LogP contribution >= 0.6 is 0 Å². The summed E-state index contributed by atoms with van der Waals surface area (Å²) >= 11 is 0. The normalized spacial score (nSPS) is 44.6. The van der Waals surface area contributed by atoms with E-state index >= 15 is 0 Å². The minimum atomic E-state index is -7.48. The summed E-state index contributed by atoms with van der Waals surface area (Å²) in [6, 6.07) is 0. The summed E-state index contributed by atoms with van der Waals surface area (Å²) in [5.74, 6) is -27.5. The molecule has 3 aliphatic rings. The van der Waals surface area contributed by atoms with Gasteiger partial charge in [-0.1, -0.05) is 0 Å². The van der Waals surface area contributed by atoms with Crippen LogP contribution in [0.2, 0.25) is 0 Å². The molecule has 0 aromatic carbocycles. The molecule has 0 heterocycles. The van der Waals surface area contributed by atoms with Crippen molar-refractivity contribution in [2.45, 2.75) is 41.2 Å². The van der Waals surface area contributed by atoms with Crippen LogP contribution in [0.5, 0.6) is 0 Å². The molecule has 0 radical (unpaired) electrons. The smallest absolute Gasteiger partial charge is 0.230 e. The Morgan fingerprint density at radius 3 is 1.36 bits per heavy atom. The summed E-state index contributed by atoms with van der Waals surface area (Å²) in [6.45, 7) is 0. The fraction of sp³-hybridized carbons (Fsp3) is 0.667. The quantitative estimate of drug-likeness (QED) is 0.405. The van der Waals surface area contributed by atoms with Crippen LogP contribution in [0, 0.1) is 5.41 Å². The number of hydrogen-bond donors (Lipinski definition) is 0. The molecular weight excluding hydrogens is 448 g/mol. The van der Waals surface area contributed by atoms with E-state index in [2.05, 4.69) is 0 Å². The van der Waals surface area contributed by atoms with Crippen molar-refractivity contribution in [3.8, 4) is 0 Å². The molecule has 0 amide bonds. The summed E-state index contributed by atoms with van der Waals surface area (Å²) in [4.78, 5) is 0. The van der Waals surface area contributed by atoms with E-state index in [1.807, 2.05) is 0 Å². The maximum absolute atomic E-state index is 14.9. The van der Waals surface area contributed by atoms with Gasteiger partial charge in [-0.05, 0) is 0 Å². The molecular formula is C12F16. The summed E-state index contributed by atoms with van der Waals surface area (Å²) < 4.78 is 219. The summed E-state index contributed by atoms with van der Waals surface area (Å²) in [6.07, 6.45) is -14.4. The van der Waals surface area contributed by atoms with E-state index in [1.165, 1.54) is 0 Å². The van der Waals surface area contributed by atoms with Crippen molar-refractivity contribution in [2.24, 2.45) is 5.41 Å². The molecule has 16 heteroatoms. The molecule has 0 aliphatic heterocycles. The van der Waals surface area contributed by atoms with E-state index in [0.717, 1.165) is 0 Å². The van der Waals surface area contributed by atoms with E-state index in [1.54, 1.807) is 0 Å². The molecule has 28 heavy (non-hydrogen) atoms. The number of hydrogen-bond acceptors (Lipinski definition) is 0. The van der Waals surface area contributed by atoms with Crippen LogP contribution in [0.15, 0.2) is 23.1 Å². The van der Waals surface area contributed by atoms with Gasteiger partial charge in [-0.15, -0.1) is 0 Å². The molecule has 3 aliphatic carbocycles. The summed E-state index contributed by atoms with van der Waals surface area (Å²) in [7, 11) is 0. The first kappa shape index (κ1) is 21.1. The van der Waals surface area contributed by atoms with Crippen molar-refractivity contribution in [1.29, 1.82) is 0 Å². The van der Waals surface area contributed by atoms with Gasteiger partial charge in [0.2, 0.25) is 11.1 Å². The molecule has 0 nitrogen and oxygen atoms in total. The van der Waals surface area contributed by atoms with Crippen LogP contribution in [-0.4, -0.2) is 41.2 Å². The van der Waals surface area contributed by atoms with Gasteiger partial charge in [0.05, 0.1) is 0 Å². The van der Waals surface area contributed by atoms with E-state index in [-0.39, 0.29) is 0 Å². The largest absolute Gasteiger partial charge is 0.421 e. The standard InChI is InChI=1S/C12F16/c13-2-1(9(20,21)22)8(18,19)10(23)6(2,16)5(12(26,27)28)3(14)4(15)7(10,17)11(5,24)25/t5-,6+,7+,10+/m0/s1. The SMILES string of the molecule is FC1=C(F)[C@]2(F)C(F)(F)[C@@]1(C(F)(F)F)[C@]1(F)C(F)=C(C(F)(F)F)C(F)(F)[C@@]12F. The van der Waals surface area contributed by atoms with Gasteiger partial charge in [0.1, 0.15) is 5.57 Å². The van der Waals surface area contributed by atoms with Crippen LogP contribution in [0.4, 0.5) is 70.2 Å². The van der Waals surface area contributed by atoms with Crippen molar-refractivity contribution in [2.75, 3.05) is 0 Å². The van der Waals surface area contributed by atoms with Crippen LogP contribution in [0.3, 0.4) is 0 Å². The number of alkyl halides is 13. The van der Waals surface area contributed by atoms with Crippen molar-refractivity contribution >= 4 is 0 Å². The second-order valence-corrected chi connectivity index (χ2v) is 6.19. The topological polar surface area (TPSA) is 0 Å². The lowest BCUT2D eigenvalue weighted by Crippen LogP contribution is -2.68. The molecule has 4 atom stereocenters. The molecule has 1 saturated carbocycles. The van der Waals surface area contributed by atoms with Crippen molar-refractivity contribution < 1.29 is 70.2 Å². The van der Waals surface area contributed by atoms with Crippen molar-refractivity contribution in [3.05, 3.63) is 23.1 Å². The van der Waals surface area contributed by atoms with E-state index in [9.17, 15) is 70.2 Å². The van der Waals surface area contributed by atoms with E-state index in [0.29, 0.717) is 0 Å². The minimum Gasteiger partial charge on any atom is -0.230 e. The molecule has 0 aromatic rings. The predicted octanol–water partition coefficient (Wildman–Crippen LogP) is 5.91. The van der Waals surface area contributed by atoms with E-state index < -0.39 is 69.7 Å². The first-order valence-corrected chi connectivity index (χ1v) is 6.52. The third kappa shape index (κ3) is 1.35. The molecule has 2 bridgehead atoms. The minimum absolute atomic E-state index is 4.26. The Morgan fingerprint density at radius 1 is 0.571 bits per heavy atom. The third-order valence-electron chi connectivity index (χ3n) is 5.17. The van der Waals surface area contributed by atoms with Gasteiger partial charge in [-0.25, -0.2) is 35.1 Å². The maximum atomic E-state index is 14.9. The first-order valence-electron chi connectivity index (χ1n) is 6.52. The zero-order valence-electron chi connectivity index (χ0n) is 12.0. The average Bonchev–Trinajstić information content (AvgIpc) is 2.72. The Kier molecular flexibility index (Phi) is 3.33. The average molecular weight is 448 g/mol. The lowest BCUT2D eigenvalue weighted by molar-refractivity contribution is -0.311. The predicted molar refractivity (Wildman–Crippen MR) is 53.3 cm³/mol. The number of halogens is 16. The van der Waals surface area contributed by atoms with Crippen LogP contribution < -0.4 is 0 Å². The van der Waals surface area contributed by atoms with Crippen LogP contribution in [0.1, 0.15) is 0 Å². The third-order valence-corrected chi connectivity index (χ3v) is 5.17. The van der Waals surface area contributed by atoms with Crippen molar-refractivity contribution in [3.63, 3.8) is 0 Å². The zero-order chi connectivity index (χ0) is 22.3. The lowest BCUT2D eigenvalue weighted by Gasteiger charge is -2.43. The molecule has 3 rings (SSSR count). The van der Waals surface area contributed by atoms with Gasteiger partial charge in [0, 0.05) is 0 Å². The monoisotopic (exact) mass is 448 g/mol. The second-order valence-electron chi connectivity index (χ2n) is 6.19. The van der Waals surface area contributed by atoms with Gasteiger partial charge in [-0.2, -0.15) is 35.1 Å². The number of allylic oxidation sites excluding steroid dienone is 4. The highest BCUT2D eigenvalue weighted by Gasteiger charge is 3.13. The number of rotatable bonds is 0. The van der Waals surface area contributed by atoms with Gasteiger partial charge >= 0.3 is 24.2 Å². The van der Waals surface area contributed by atoms with E-state index in [4.69, 9.17) is 0 Å². The Hall–Kier alpha value is -1.64. The number of fused-ring (bicyclic) bond motifs is 5. The maximum Gasteiger partial charge on any atom is 0.421 e. The Bertz CT molecular complexity index is 843.